The van der Waals surface area contributed by atoms with E-state index in [9.17, 15) is 18.0 Å². The zero-order chi connectivity index (χ0) is 21.0. The summed E-state index contributed by atoms with van der Waals surface area (Å²) in [5, 5.41) is 3.03. The predicted octanol–water partition coefficient (Wildman–Crippen LogP) is 3.73. The van der Waals surface area contributed by atoms with Gasteiger partial charge in [0, 0.05) is 38.1 Å². The number of carbonyl (C=O) groups excluding carboxylic acids is 1. The molecule has 1 N–H and O–H groups in total. The fourth-order valence-corrected chi connectivity index (χ4v) is 3.46. The van der Waals surface area contributed by atoms with Crippen molar-refractivity contribution in [2.75, 3.05) is 42.9 Å². The van der Waals surface area contributed by atoms with Gasteiger partial charge in [-0.25, -0.2) is 4.98 Å². The number of hydrogen-bond donors (Lipinski definition) is 1. The molecule has 156 valence electrons. The van der Waals surface area contributed by atoms with Crippen molar-refractivity contribution in [2.45, 2.75) is 26.4 Å². The maximum absolute atomic E-state index is 12.7. The Morgan fingerprint density at radius 1 is 1.14 bits per heavy atom. The van der Waals surface area contributed by atoms with Crippen molar-refractivity contribution in [3.8, 4) is 0 Å². The van der Waals surface area contributed by atoms with Gasteiger partial charge in [0.2, 0.25) is 5.91 Å². The van der Waals surface area contributed by atoms with E-state index in [2.05, 4.69) is 17.2 Å². The summed E-state index contributed by atoms with van der Waals surface area (Å²) in [4.78, 5) is 20.4. The van der Waals surface area contributed by atoms with E-state index in [1.54, 1.807) is 0 Å². The number of nitrogens with zero attached hydrogens (tertiary/aromatic N) is 3. The van der Waals surface area contributed by atoms with Crippen LogP contribution in [0.25, 0.3) is 0 Å². The lowest BCUT2D eigenvalue weighted by Gasteiger charge is -2.35. The molecule has 1 saturated heterocycles. The highest BCUT2D eigenvalue weighted by atomic mass is 19.4. The third kappa shape index (κ3) is 5.26. The molecular weight excluding hydrogens is 381 g/mol. The van der Waals surface area contributed by atoms with Gasteiger partial charge in [-0.05, 0) is 36.6 Å². The maximum Gasteiger partial charge on any atom is 0.417 e. The highest BCUT2D eigenvalue weighted by Gasteiger charge is 2.31. The van der Waals surface area contributed by atoms with Gasteiger partial charge in [-0.2, -0.15) is 13.2 Å². The summed E-state index contributed by atoms with van der Waals surface area (Å²) in [7, 11) is 0. The summed E-state index contributed by atoms with van der Waals surface area (Å²) in [6.45, 7) is 6.82. The van der Waals surface area contributed by atoms with Gasteiger partial charge in [0.15, 0.2) is 0 Å². The number of anilines is 2. The SMILES string of the molecule is CCc1cccc(C)c1NC(=O)CN1CCN(c2ccc(C(F)(F)F)cn2)CC1. The summed E-state index contributed by atoms with van der Waals surface area (Å²) in [5.41, 5.74) is 2.28. The first-order valence-corrected chi connectivity index (χ1v) is 9.67. The molecular formula is C21H25F3N4O. The average molecular weight is 406 g/mol. The molecule has 5 nitrogen and oxygen atoms in total. The van der Waals surface area contributed by atoms with Crippen LogP contribution in [-0.4, -0.2) is 48.5 Å². The van der Waals surface area contributed by atoms with Crippen molar-refractivity contribution in [1.82, 2.24) is 9.88 Å². The molecule has 8 heteroatoms. The van der Waals surface area contributed by atoms with Crippen molar-refractivity contribution in [3.63, 3.8) is 0 Å². The van der Waals surface area contributed by atoms with Crippen LogP contribution in [0.15, 0.2) is 36.5 Å². The summed E-state index contributed by atoms with van der Waals surface area (Å²) >= 11 is 0. The van der Waals surface area contributed by atoms with Crippen LogP contribution < -0.4 is 10.2 Å². The number of nitrogens with one attached hydrogen (secondary N) is 1. The van der Waals surface area contributed by atoms with Crippen LogP contribution in [0.2, 0.25) is 0 Å². The summed E-state index contributed by atoms with van der Waals surface area (Å²) < 4.78 is 38.0. The minimum Gasteiger partial charge on any atom is -0.354 e. The minimum atomic E-state index is -4.38. The van der Waals surface area contributed by atoms with Crippen LogP contribution in [0.1, 0.15) is 23.6 Å². The molecule has 29 heavy (non-hydrogen) atoms. The monoisotopic (exact) mass is 406 g/mol. The lowest BCUT2D eigenvalue weighted by atomic mass is 10.1. The van der Waals surface area contributed by atoms with E-state index in [1.807, 2.05) is 34.9 Å². The van der Waals surface area contributed by atoms with Gasteiger partial charge in [-0.15, -0.1) is 0 Å². The second-order valence-corrected chi connectivity index (χ2v) is 7.18. The molecule has 1 aliphatic rings. The van der Waals surface area contributed by atoms with E-state index in [0.29, 0.717) is 32.0 Å². The van der Waals surface area contributed by atoms with Crippen molar-refractivity contribution in [3.05, 3.63) is 53.2 Å². The highest BCUT2D eigenvalue weighted by molar-refractivity contribution is 5.93. The van der Waals surface area contributed by atoms with Crippen LogP contribution in [0.4, 0.5) is 24.7 Å². The number of aryl methyl sites for hydroxylation is 2. The molecule has 2 heterocycles. The van der Waals surface area contributed by atoms with E-state index in [1.165, 1.54) is 6.07 Å². The van der Waals surface area contributed by atoms with Gasteiger partial charge in [0.05, 0.1) is 12.1 Å². The second kappa shape index (κ2) is 8.82. The third-order valence-electron chi connectivity index (χ3n) is 5.14. The first-order chi connectivity index (χ1) is 13.8. The number of hydrogen-bond acceptors (Lipinski definition) is 4. The number of pyridine rings is 1. The molecule has 0 atom stereocenters. The molecule has 0 bridgehead atoms. The number of piperazine rings is 1. The van der Waals surface area contributed by atoms with Crippen LogP contribution in [0, 0.1) is 6.92 Å². The average Bonchev–Trinajstić information content (AvgIpc) is 2.69. The van der Waals surface area contributed by atoms with Gasteiger partial charge in [-0.3, -0.25) is 9.69 Å². The van der Waals surface area contributed by atoms with Gasteiger partial charge in [0.1, 0.15) is 5.82 Å². The molecule has 1 aliphatic heterocycles. The number of amides is 1. The number of halogens is 3. The Kier molecular flexibility index (Phi) is 6.42. The van der Waals surface area contributed by atoms with E-state index in [-0.39, 0.29) is 12.5 Å². The maximum atomic E-state index is 12.7. The summed E-state index contributed by atoms with van der Waals surface area (Å²) in [6, 6.07) is 8.42. The van der Waals surface area contributed by atoms with Crippen molar-refractivity contribution < 1.29 is 18.0 Å². The summed E-state index contributed by atoms with van der Waals surface area (Å²) in [6.07, 6.45) is -2.68. The van der Waals surface area contributed by atoms with E-state index in [0.717, 1.165) is 35.5 Å². The zero-order valence-electron chi connectivity index (χ0n) is 16.6. The van der Waals surface area contributed by atoms with Crippen LogP contribution in [0.5, 0.6) is 0 Å². The van der Waals surface area contributed by atoms with Gasteiger partial charge in [0.25, 0.3) is 0 Å². The normalized spacial score (nSPS) is 15.4. The van der Waals surface area contributed by atoms with E-state index < -0.39 is 11.7 Å². The second-order valence-electron chi connectivity index (χ2n) is 7.18. The Morgan fingerprint density at radius 3 is 2.45 bits per heavy atom. The zero-order valence-corrected chi connectivity index (χ0v) is 16.6. The van der Waals surface area contributed by atoms with Crippen molar-refractivity contribution >= 4 is 17.4 Å². The lowest BCUT2D eigenvalue weighted by molar-refractivity contribution is -0.137. The Labute approximate surface area is 168 Å². The van der Waals surface area contributed by atoms with Crippen molar-refractivity contribution in [2.24, 2.45) is 0 Å². The third-order valence-corrected chi connectivity index (χ3v) is 5.14. The lowest BCUT2D eigenvalue weighted by Crippen LogP contribution is -2.49. The Morgan fingerprint density at radius 2 is 1.86 bits per heavy atom. The van der Waals surface area contributed by atoms with Crippen LogP contribution >= 0.6 is 0 Å². The smallest absolute Gasteiger partial charge is 0.354 e. The fourth-order valence-electron chi connectivity index (χ4n) is 3.46. The van der Waals surface area contributed by atoms with Gasteiger partial charge in [-0.1, -0.05) is 25.1 Å². The van der Waals surface area contributed by atoms with Crippen molar-refractivity contribution in [1.29, 1.82) is 0 Å². The number of benzene rings is 1. The number of carbonyl (C=O) groups is 1. The molecule has 0 aliphatic carbocycles. The number of aromatic nitrogens is 1. The number of alkyl halides is 3. The molecule has 3 rings (SSSR count). The first kappa shape index (κ1) is 21.1. The Bertz CT molecular complexity index is 844. The highest BCUT2D eigenvalue weighted by Crippen LogP contribution is 2.29. The van der Waals surface area contributed by atoms with E-state index in [4.69, 9.17) is 0 Å². The van der Waals surface area contributed by atoms with E-state index >= 15 is 0 Å². The molecule has 1 fully saturated rings. The number of para-hydroxylation sites is 1. The number of rotatable bonds is 5. The van der Waals surface area contributed by atoms with Crippen LogP contribution in [0.3, 0.4) is 0 Å². The largest absolute Gasteiger partial charge is 0.417 e. The van der Waals surface area contributed by atoms with Crippen LogP contribution in [-0.2, 0) is 17.4 Å². The quantitative estimate of drug-likeness (QED) is 0.822. The molecule has 0 spiro atoms. The molecule has 1 aromatic carbocycles. The van der Waals surface area contributed by atoms with Gasteiger partial charge >= 0.3 is 6.18 Å². The molecule has 0 unspecified atom stereocenters. The summed E-state index contributed by atoms with van der Waals surface area (Å²) in [5.74, 6) is 0.463. The predicted molar refractivity (Wildman–Crippen MR) is 107 cm³/mol. The molecule has 1 amide bonds. The topological polar surface area (TPSA) is 48.5 Å². The molecule has 0 radical (unpaired) electrons. The standard InChI is InChI=1S/C21H25F3N4O/c1-3-16-6-4-5-15(2)20(16)26-19(29)14-27-9-11-28(12-10-27)18-8-7-17(13-25-18)21(22,23)24/h4-8,13H,3,9-12,14H2,1-2H3,(H,26,29). The Hall–Kier alpha value is -2.61. The molecule has 1 aromatic heterocycles. The van der Waals surface area contributed by atoms with Gasteiger partial charge < -0.3 is 10.2 Å². The Balaban J connectivity index is 1.53. The molecule has 0 saturated carbocycles. The first-order valence-electron chi connectivity index (χ1n) is 9.67. The molecule has 2 aromatic rings. The fraction of sp³-hybridized carbons (Fsp3) is 0.429. The minimum absolute atomic E-state index is 0.0601.